The molecule has 1 unspecified atom stereocenters. The molecule has 2 saturated heterocycles. The molecule has 0 radical (unpaired) electrons. The third kappa shape index (κ3) is 3.92. The van der Waals surface area contributed by atoms with Gasteiger partial charge in [-0.15, -0.1) is 0 Å². The predicted molar refractivity (Wildman–Crippen MR) is 111 cm³/mol. The third-order valence-electron chi connectivity index (χ3n) is 5.51. The first-order chi connectivity index (χ1) is 13.9. The van der Waals surface area contributed by atoms with Crippen LogP contribution in [0.5, 0.6) is 5.88 Å². The molecule has 2 aliphatic rings. The molecule has 0 aromatic carbocycles. The van der Waals surface area contributed by atoms with Crippen molar-refractivity contribution in [3.63, 3.8) is 0 Å². The van der Waals surface area contributed by atoms with E-state index in [-0.39, 0.29) is 17.4 Å². The fourth-order valence-corrected chi connectivity index (χ4v) is 3.73. The average molecular weight is 399 g/mol. The number of ether oxygens (including phenoxy) is 1. The first kappa shape index (κ1) is 19.7. The van der Waals surface area contributed by atoms with Crippen molar-refractivity contribution in [3.8, 4) is 5.88 Å². The molecule has 2 aromatic heterocycles. The van der Waals surface area contributed by atoms with Crippen LogP contribution in [-0.2, 0) is 10.2 Å². The van der Waals surface area contributed by atoms with E-state index in [1.165, 1.54) is 0 Å². The lowest BCUT2D eigenvalue weighted by molar-refractivity contribution is -0.117. The van der Waals surface area contributed by atoms with Crippen LogP contribution < -0.4 is 25.8 Å². The zero-order valence-electron chi connectivity index (χ0n) is 17.4. The van der Waals surface area contributed by atoms with E-state index in [1.54, 1.807) is 12.0 Å². The van der Waals surface area contributed by atoms with Crippen LogP contribution >= 0.6 is 0 Å². The normalized spacial score (nSPS) is 20.5. The number of rotatable bonds is 5. The molecule has 29 heavy (non-hydrogen) atoms. The van der Waals surface area contributed by atoms with E-state index in [0.29, 0.717) is 36.5 Å². The van der Waals surface area contributed by atoms with Gasteiger partial charge < -0.3 is 15.0 Å². The number of aromatic amines is 1. The van der Waals surface area contributed by atoms with Gasteiger partial charge in [-0.05, 0) is 18.6 Å². The Bertz CT molecular complexity index is 883. The topological polar surface area (TPSA) is 107 Å². The summed E-state index contributed by atoms with van der Waals surface area (Å²) in [6.07, 6.45) is 2.50. The first-order valence-corrected chi connectivity index (χ1v) is 10.0. The van der Waals surface area contributed by atoms with Crippen molar-refractivity contribution in [1.82, 2.24) is 25.8 Å². The van der Waals surface area contributed by atoms with Gasteiger partial charge in [-0.2, -0.15) is 4.98 Å². The minimum Gasteiger partial charge on any atom is -0.481 e. The van der Waals surface area contributed by atoms with Gasteiger partial charge in [-0.3, -0.25) is 20.5 Å². The molecule has 1 atom stereocenters. The van der Waals surface area contributed by atoms with Crippen molar-refractivity contribution < 1.29 is 9.53 Å². The third-order valence-corrected chi connectivity index (χ3v) is 5.51. The van der Waals surface area contributed by atoms with Crippen LogP contribution in [0.3, 0.4) is 0 Å². The average Bonchev–Trinajstić information content (AvgIpc) is 3.43. The summed E-state index contributed by atoms with van der Waals surface area (Å²) < 4.78 is 5.52. The first-order valence-electron chi connectivity index (χ1n) is 10.0. The summed E-state index contributed by atoms with van der Waals surface area (Å²) in [5.41, 5.74) is 8.29. The Morgan fingerprint density at radius 2 is 2.00 bits per heavy atom. The van der Waals surface area contributed by atoms with Crippen molar-refractivity contribution in [3.05, 3.63) is 29.6 Å². The molecule has 4 rings (SSSR count). The largest absolute Gasteiger partial charge is 0.481 e. The molecule has 2 aliphatic heterocycles. The molecule has 1 amide bonds. The Hall–Kier alpha value is -2.65. The van der Waals surface area contributed by atoms with Crippen molar-refractivity contribution in [1.29, 1.82) is 0 Å². The lowest BCUT2D eigenvalue weighted by atomic mass is 9.93. The number of H-pyrrole nitrogens is 1. The zero-order chi connectivity index (χ0) is 20.6. The Morgan fingerprint density at radius 1 is 1.24 bits per heavy atom. The summed E-state index contributed by atoms with van der Waals surface area (Å²) in [6.45, 7) is 8.61. The quantitative estimate of drug-likeness (QED) is 0.604. The van der Waals surface area contributed by atoms with Gasteiger partial charge >= 0.3 is 0 Å². The number of hydrogen-bond donors (Lipinski definition) is 4. The van der Waals surface area contributed by atoms with Gasteiger partial charge in [0.25, 0.3) is 5.91 Å². The highest BCUT2D eigenvalue weighted by Gasteiger charge is 2.34. The number of anilines is 2. The van der Waals surface area contributed by atoms with Crippen LogP contribution in [0.2, 0.25) is 0 Å². The number of aromatic nitrogens is 3. The minimum absolute atomic E-state index is 0.00906. The number of carbonyl (C=O) groups excluding carboxylic acids is 1. The van der Waals surface area contributed by atoms with Gasteiger partial charge in [0.15, 0.2) is 0 Å². The maximum Gasteiger partial charge on any atom is 0.250 e. The Balaban J connectivity index is 1.48. The molecule has 0 aliphatic carbocycles. The summed E-state index contributed by atoms with van der Waals surface area (Å²) in [7, 11) is 1.62. The lowest BCUT2D eigenvalue weighted by Gasteiger charge is -2.19. The molecule has 0 spiro atoms. The van der Waals surface area contributed by atoms with Crippen LogP contribution in [0, 0.1) is 0 Å². The molecular weight excluding hydrogens is 370 g/mol. The summed E-state index contributed by atoms with van der Waals surface area (Å²) in [4.78, 5) is 27.0. The van der Waals surface area contributed by atoms with E-state index in [9.17, 15) is 4.79 Å². The molecule has 9 heteroatoms. The van der Waals surface area contributed by atoms with Crippen molar-refractivity contribution in [2.24, 2.45) is 0 Å². The van der Waals surface area contributed by atoms with E-state index in [1.807, 2.05) is 18.3 Å². The van der Waals surface area contributed by atoms with Gasteiger partial charge in [-0.25, -0.2) is 4.98 Å². The number of nitrogens with zero attached hydrogens (tertiary/aromatic N) is 3. The second-order valence-electron chi connectivity index (χ2n) is 8.60. The SMILES string of the molecule is COc1nc(N2CCC(Nc3ncc(C(C)(C)C)[nH]3)C2=O)ccc1C1CNNC1. The fraction of sp³-hybridized carbons (Fsp3) is 0.550. The van der Waals surface area contributed by atoms with Crippen molar-refractivity contribution in [2.45, 2.75) is 44.6 Å². The number of carbonyl (C=O) groups is 1. The van der Waals surface area contributed by atoms with Crippen LogP contribution in [0.1, 0.15) is 44.4 Å². The standard InChI is InChI=1S/C20H29N7O2/c1-20(2,3)15-11-21-19(25-15)24-14-7-8-27(18(14)28)16-6-5-13(17(26-16)29-4)12-9-22-23-10-12/h5-6,11-12,14,22-23H,7-10H2,1-4H3,(H2,21,24,25). The Labute approximate surface area is 170 Å². The summed E-state index contributed by atoms with van der Waals surface area (Å²) in [5, 5.41) is 3.23. The van der Waals surface area contributed by atoms with Crippen LogP contribution in [-0.4, -0.2) is 53.6 Å². The second kappa shape index (κ2) is 7.64. The van der Waals surface area contributed by atoms with Crippen LogP contribution in [0.25, 0.3) is 0 Å². The minimum atomic E-state index is -0.329. The molecule has 9 nitrogen and oxygen atoms in total. The number of imidazole rings is 1. The number of hydrazine groups is 1. The van der Waals surface area contributed by atoms with E-state index < -0.39 is 0 Å². The fourth-order valence-electron chi connectivity index (χ4n) is 3.73. The lowest BCUT2D eigenvalue weighted by Crippen LogP contribution is -2.34. The highest BCUT2D eigenvalue weighted by atomic mass is 16.5. The van der Waals surface area contributed by atoms with E-state index in [0.717, 1.165) is 24.3 Å². The van der Waals surface area contributed by atoms with Crippen molar-refractivity contribution in [2.75, 3.05) is 37.0 Å². The highest BCUT2D eigenvalue weighted by molar-refractivity contribution is 6.00. The molecule has 0 bridgehead atoms. The maximum absolute atomic E-state index is 13.0. The highest BCUT2D eigenvalue weighted by Crippen LogP contribution is 2.30. The monoisotopic (exact) mass is 399 g/mol. The van der Waals surface area contributed by atoms with Gasteiger partial charge in [0.1, 0.15) is 11.9 Å². The van der Waals surface area contributed by atoms with Crippen molar-refractivity contribution >= 4 is 17.7 Å². The maximum atomic E-state index is 13.0. The summed E-state index contributed by atoms with van der Waals surface area (Å²) in [5.74, 6) is 2.10. The Kier molecular flexibility index (Phi) is 5.18. The van der Waals surface area contributed by atoms with Gasteiger partial charge in [0, 0.05) is 42.2 Å². The van der Waals surface area contributed by atoms with Gasteiger partial charge in [-0.1, -0.05) is 20.8 Å². The van der Waals surface area contributed by atoms with E-state index in [2.05, 4.69) is 51.9 Å². The zero-order valence-corrected chi connectivity index (χ0v) is 17.4. The molecule has 4 heterocycles. The number of pyridine rings is 1. The Morgan fingerprint density at radius 3 is 2.66 bits per heavy atom. The van der Waals surface area contributed by atoms with Gasteiger partial charge in [0.05, 0.1) is 13.3 Å². The smallest absolute Gasteiger partial charge is 0.250 e. The molecule has 156 valence electrons. The number of methoxy groups -OCH3 is 1. The number of nitrogens with one attached hydrogen (secondary N) is 4. The summed E-state index contributed by atoms with van der Waals surface area (Å²) in [6, 6.07) is 3.59. The predicted octanol–water partition coefficient (Wildman–Crippen LogP) is 1.52. The molecular formula is C20H29N7O2. The molecule has 0 saturated carbocycles. The number of amides is 1. The van der Waals surface area contributed by atoms with Crippen LogP contribution in [0.4, 0.5) is 11.8 Å². The molecule has 4 N–H and O–H groups in total. The molecule has 2 fully saturated rings. The summed E-state index contributed by atoms with van der Waals surface area (Å²) >= 11 is 0. The van der Waals surface area contributed by atoms with Crippen LogP contribution in [0.15, 0.2) is 18.3 Å². The number of hydrogen-bond acceptors (Lipinski definition) is 7. The molecule has 2 aromatic rings. The van der Waals surface area contributed by atoms with E-state index >= 15 is 0 Å². The van der Waals surface area contributed by atoms with E-state index in [4.69, 9.17) is 4.74 Å². The van der Waals surface area contributed by atoms with Gasteiger partial charge in [0.2, 0.25) is 11.8 Å². The second-order valence-corrected chi connectivity index (χ2v) is 8.60.